The van der Waals surface area contributed by atoms with Crippen molar-refractivity contribution >= 4 is 18.4 Å². The van der Waals surface area contributed by atoms with Gasteiger partial charge in [-0.15, -0.1) is 12.4 Å². The fourth-order valence-electron chi connectivity index (χ4n) is 2.27. The predicted molar refractivity (Wildman–Crippen MR) is 69.6 cm³/mol. The summed E-state index contributed by atoms with van der Waals surface area (Å²) in [5.74, 6) is -0.494. The van der Waals surface area contributed by atoms with Gasteiger partial charge >= 0.3 is 5.97 Å². The van der Waals surface area contributed by atoms with Crippen LogP contribution in [0.1, 0.15) is 17.5 Å². The van der Waals surface area contributed by atoms with Gasteiger partial charge in [0.15, 0.2) is 0 Å². The summed E-state index contributed by atoms with van der Waals surface area (Å²) in [5, 5.41) is 20.8. The van der Waals surface area contributed by atoms with E-state index in [9.17, 15) is 4.79 Å². The molecule has 2 N–H and O–H groups in total. The molecule has 0 amide bonds. The van der Waals surface area contributed by atoms with Gasteiger partial charge in [-0.3, -0.25) is 4.79 Å². The standard InChI is InChI=1S/C13H14N2O2.ClH/c14-7-11-4-2-1-3-10(11)5-9-6-12(13(16)17)15-8-9;/h1-4,9,12,15H,5-6,8H2,(H,16,17);1H/t9-,12+;/m0./s1. The Morgan fingerprint density at radius 1 is 1.50 bits per heavy atom. The van der Waals surface area contributed by atoms with Gasteiger partial charge in [0.1, 0.15) is 6.04 Å². The van der Waals surface area contributed by atoms with Crippen LogP contribution in [0.3, 0.4) is 0 Å². The maximum Gasteiger partial charge on any atom is 0.320 e. The predicted octanol–water partition coefficient (Wildman–Crippen LogP) is 1.59. The molecule has 0 radical (unpaired) electrons. The van der Waals surface area contributed by atoms with E-state index < -0.39 is 12.0 Å². The van der Waals surface area contributed by atoms with Crippen LogP contribution < -0.4 is 5.32 Å². The number of carboxylic acids is 1. The van der Waals surface area contributed by atoms with E-state index in [1.807, 2.05) is 18.2 Å². The Bertz CT molecular complexity index is 470. The highest BCUT2D eigenvalue weighted by molar-refractivity contribution is 5.85. The fourth-order valence-corrected chi connectivity index (χ4v) is 2.27. The Morgan fingerprint density at radius 2 is 2.22 bits per heavy atom. The van der Waals surface area contributed by atoms with E-state index in [0.29, 0.717) is 24.4 Å². The van der Waals surface area contributed by atoms with Gasteiger partial charge < -0.3 is 10.4 Å². The highest BCUT2D eigenvalue weighted by Crippen LogP contribution is 2.21. The van der Waals surface area contributed by atoms with Crippen molar-refractivity contribution in [1.82, 2.24) is 5.32 Å². The zero-order valence-electron chi connectivity index (χ0n) is 9.80. The molecular weight excluding hydrogens is 252 g/mol. The normalized spacial score (nSPS) is 21.9. The molecule has 1 aromatic rings. The maximum absolute atomic E-state index is 10.8. The molecule has 4 nitrogen and oxygen atoms in total. The maximum atomic E-state index is 10.8. The average Bonchev–Trinajstić information content (AvgIpc) is 2.78. The molecule has 96 valence electrons. The van der Waals surface area contributed by atoms with E-state index in [2.05, 4.69) is 11.4 Å². The first-order chi connectivity index (χ1) is 8.20. The molecule has 0 spiro atoms. The molecule has 1 aromatic carbocycles. The van der Waals surface area contributed by atoms with Gasteiger partial charge in [-0.25, -0.2) is 0 Å². The summed E-state index contributed by atoms with van der Waals surface area (Å²) in [6.07, 6.45) is 1.40. The lowest BCUT2D eigenvalue weighted by Gasteiger charge is -2.09. The highest BCUT2D eigenvalue weighted by Gasteiger charge is 2.29. The number of carboxylic acid groups (broad SMARTS) is 1. The molecule has 0 aliphatic carbocycles. The van der Waals surface area contributed by atoms with E-state index in [1.54, 1.807) is 6.07 Å². The van der Waals surface area contributed by atoms with Crippen LogP contribution in [0.15, 0.2) is 24.3 Å². The smallest absolute Gasteiger partial charge is 0.320 e. The monoisotopic (exact) mass is 266 g/mol. The number of nitrogens with zero attached hydrogens (tertiary/aromatic N) is 1. The summed E-state index contributed by atoms with van der Waals surface area (Å²) in [6, 6.07) is 9.22. The molecule has 18 heavy (non-hydrogen) atoms. The van der Waals surface area contributed by atoms with Crippen LogP contribution in [0.2, 0.25) is 0 Å². The molecule has 0 bridgehead atoms. The van der Waals surface area contributed by atoms with Gasteiger partial charge in [0.05, 0.1) is 11.6 Å². The van der Waals surface area contributed by atoms with Crippen molar-refractivity contribution in [3.63, 3.8) is 0 Å². The lowest BCUT2D eigenvalue weighted by Crippen LogP contribution is -2.29. The molecule has 1 saturated heterocycles. The van der Waals surface area contributed by atoms with Gasteiger partial charge in [-0.05, 0) is 36.9 Å². The Labute approximate surface area is 112 Å². The quantitative estimate of drug-likeness (QED) is 0.871. The van der Waals surface area contributed by atoms with Crippen LogP contribution in [-0.4, -0.2) is 23.7 Å². The van der Waals surface area contributed by atoms with E-state index in [-0.39, 0.29) is 12.4 Å². The lowest BCUT2D eigenvalue weighted by atomic mass is 9.94. The molecule has 5 heteroatoms. The average molecular weight is 267 g/mol. The van der Waals surface area contributed by atoms with E-state index >= 15 is 0 Å². The Kier molecular flexibility index (Phi) is 5.14. The largest absolute Gasteiger partial charge is 0.480 e. The summed E-state index contributed by atoms with van der Waals surface area (Å²) in [6.45, 7) is 0.705. The lowest BCUT2D eigenvalue weighted by molar-refractivity contribution is -0.139. The van der Waals surface area contributed by atoms with E-state index in [4.69, 9.17) is 10.4 Å². The fraction of sp³-hybridized carbons (Fsp3) is 0.385. The summed E-state index contributed by atoms with van der Waals surface area (Å²) in [5.41, 5.74) is 1.69. The highest BCUT2D eigenvalue weighted by atomic mass is 35.5. The summed E-state index contributed by atoms with van der Waals surface area (Å²) < 4.78 is 0. The van der Waals surface area contributed by atoms with Crippen LogP contribution in [0.5, 0.6) is 0 Å². The molecule has 1 aliphatic rings. The van der Waals surface area contributed by atoms with Crippen LogP contribution in [0.25, 0.3) is 0 Å². The third-order valence-electron chi connectivity index (χ3n) is 3.17. The van der Waals surface area contributed by atoms with Crippen molar-refractivity contribution in [2.75, 3.05) is 6.54 Å². The van der Waals surface area contributed by atoms with Gasteiger partial charge in [0.2, 0.25) is 0 Å². The second kappa shape index (κ2) is 6.39. The number of hydrogen-bond donors (Lipinski definition) is 2. The molecular formula is C13H15ClN2O2. The third-order valence-corrected chi connectivity index (χ3v) is 3.17. The second-order valence-electron chi connectivity index (χ2n) is 4.37. The molecule has 1 heterocycles. The van der Waals surface area contributed by atoms with Gasteiger partial charge in [0.25, 0.3) is 0 Å². The number of carbonyl (C=O) groups is 1. The van der Waals surface area contributed by atoms with Crippen molar-refractivity contribution in [1.29, 1.82) is 5.26 Å². The van der Waals surface area contributed by atoms with Gasteiger partial charge in [0, 0.05) is 0 Å². The van der Waals surface area contributed by atoms with E-state index in [0.717, 1.165) is 12.0 Å². The minimum Gasteiger partial charge on any atom is -0.480 e. The zero-order valence-corrected chi connectivity index (χ0v) is 10.6. The van der Waals surface area contributed by atoms with Crippen molar-refractivity contribution in [2.24, 2.45) is 5.92 Å². The molecule has 2 atom stereocenters. The van der Waals surface area contributed by atoms with Gasteiger partial charge in [-0.2, -0.15) is 5.26 Å². The molecule has 0 unspecified atom stereocenters. The van der Waals surface area contributed by atoms with Crippen molar-refractivity contribution < 1.29 is 9.90 Å². The Hall–Kier alpha value is -1.57. The molecule has 0 aromatic heterocycles. The third kappa shape index (κ3) is 3.22. The van der Waals surface area contributed by atoms with E-state index in [1.165, 1.54) is 0 Å². The zero-order chi connectivity index (χ0) is 12.3. The topological polar surface area (TPSA) is 73.1 Å². The first kappa shape index (κ1) is 14.5. The number of nitrogens with one attached hydrogen (secondary N) is 1. The van der Waals surface area contributed by atoms with Crippen LogP contribution in [-0.2, 0) is 11.2 Å². The minimum atomic E-state index is -0.791. The number of halogens is 1. The SMILES string of the molecule is Cl.N#Cc1ccccc1C[C@@H]1CN[C@@H](C(=O)O)C1. The molecule has 1 fully saturated rings. The molecule has 1 aliphatic heterocycles. The first-order valence-corrected chi connectivity index (χ1v) is 5.65. The van der Waals surface area contributed by atoms with Crippen LogP contribution in [0, 0.1) is 17.2 Å². The summed E-state index contributed by atoms with van der Waals surface area (Å²) in [4.78, 5) is 10.8. The van der Waals surface area contributed by atoms with Crippen molar-refractivity contribution in [3.05, 3.63) is 35.4 Å². The Balaban J connectivity index is 0.00000162. The first-order valence-electron chi connectivity index (χ1n) is 5.65. The van der Waals surface area contributed by atoms with Crippen molar-refractivity contribution in [3.8, 4) is 6.07 Å². The Morgan fingerprint density at radius 3 is 2.83 bits per heavy atom. The second-order valence-corrected chi connectivity index (χ2v) is 4.37. The van der Waals surface area contributed by atoms with Crippen LogP contribution in [0.4, 0.5) is 0 Å². The summed E-state index contributed by atoms with van der Waals surface area (Å²) in [7, 11) is 0. The van der Waals surface area contributed by atoms with Crippen molar-refractivity contribution in [2.45, 2.75) is 18.9 Å². The number of nitriles is 1. The van der Waals surface area contributed by atoms with Crippen LogP contribution >= 0.6 is 12.4 Å². The number of benzene rings is 1. The minimum absolute atomic E-state index is 0. The number of aliphatic carboxylic acids is 1. The molecule has 2 rings (SSSR count). The number of hydrogen-bond acceptors (Lipinski definition) is 3. The summed E-state index contributed by atoms with van der Waals surface area (Å²) >= 11 is 0. The molecule has 0 saturated carbocycles. The number of rotatable bonds is 3. The van der Waals surface area contributed by atoms with Gasteiger partial charge in [-0.1, -0.05) is 18.2 Å².